The van der Waals surface area contributed by atoms with Crippen molar-refractivity contribution >= 4 is 17.3 Å². The number of rotatable bonds is 8. The molecule has 0 radical (unpaired) electrons. The number of carbonyl (C=O) groups is 1. The minimum atomic E-state index is -0.00901. The van der Waals surface area contributed by atoms with E-state index in [4.69, 9.17) is 5.41 Å². The molecule has 2 aromatic rings. The minimum absolute atomic E-state index is 0.00901. The van der Waals surface area contributed by atoms with Crippen LogP contribution in [0.15, 0.2) is 54.6 Å². The lowest BCUT2D eigenvalue weighted by atomic mass is 9.89. The zero-order valence-electron chi connectivity index (χ0n) is 17.7. The maximum atomic E-state index is 11.9. The summed E-state index contributed by atoms with van der Waals surface area (Å²) in [5, 5.41) is 11.2. The first-order valence-electron chi connectivity index (χ1n) is 10.8. The Kier molecular flexibility index (Phi) is 7.59. The quantitative estimate of drug-likeness (QED) is 0.599. The molecule has 0 unspecified atom stereocenters. The van der Waals surface area contributed by atoms with Crippen molar-refractivity contribution in [3.8, 4) is 0 Å². The van der Waals surface area contributed by atoms with E-state index in [-0.39, 0.29) is 11.8 Å². The molecule has 1 saturated heterocycles. The zero-order valence-corrected chi connectivity index (χ0v) is 17.7. The van der Waals surface area contributed by atoms with Gasteiger partial charge in [-0.25, -0.2) is 0 Å². The second-order valence-electron chi connectivity index (χ2n) is 8.33. The summed E-state index contributed by atoms with van der Waals surface area (Å²) in [4.78, 5) is 14.5. The van der Waals surface area contributed by atoms with Gasteiger partial charge in [0, 0.05) is 17.3 Å². The minimum Gasteiger partial charge on any atom is -0.326 e. The molecule has 0 aromatic heterocycles. The first-order valence-corrected chi connectivity index (χ1v) is 10.8. The number of anilines is 1. The number of nitrogens with zero attached hydrogens (tertiary/aromatic N) is 1. The fraction of sp³-hybridized carbons (Fsp3) is 0.440. The summed E-state index contributed by atoms with van der Waals surface area (Å²) in [6.07, 6.45) is 4.17. The number of hydrogen-bond donors (Lipinski definition) is 2. The van der Waals surface area contributed by atoms with Crippen molar-refractivity contribution in [1.82, 2.24) is 4.90 Å². The highest BCUT2D eigenvalue weighted by Crippen LogP contribution is 2.29. The van der Waals surface area contributed by atoms with Crippen molar-refractivity contribution in [3.63, 3.8) is 0 Å². The van der Waals surface area contributed by atoms with Crippen LogP contribution in [0.5, 0.6) is 0 Å². The third kappa shape index (κ3) is 6.26. The lowest BCUT2D eigenvalue weighted by molar-refractivity contribution is -0.118. The van der Waals surface area contributed by atoms with Gasteiger partial charge < -0.3 is 15.6 Å². The van der Waals surface area contributed by atoms with Crippen molar-refractivity contribution in [3.05, 3.63) is 65.7 Å². The molecular formula is C25H33N3O. The van der Waals surface area contributed by atoms with Gasteiger partial charge in [0.15, 0.2) is 0 Å². The van der Waals surface area contributed by atoms with Gasteiger partial charge in [-0.3, -0.25) is 4.79 Å². The second-order valence-corrected chi connectivity index (χ2v) is 8.33. The summed E-state index contributed by atoms with van der Waals surface area (Å²) in [5.74, 6) is 0.619. The number of nitrogens with one attached hydrogen (secondary N) is 2. The van der Waals surface area contributed by atoms with E-state index in [1.54, 1.807) is 0 Å². The molecule has 2 aromatic carbocycles. The lowest BCUT2D eigenvalue weighted by Gasteiger charge is -2.32. The molecule has 0 saturated carbocycles. The van der Waals surface area contributed by atoms with E-state index in [1.807, 2.05) is 56.3 Å². The van der Waals surface area contributed by atoms with Crippen molar-refractivity contribution in [2.75, 3.05) is 25.0 Å². The molecule has 0 bridgehead atoms. The van der Waals surface area contributed by atoms with E-state index in [1.165, 1.54) is 5.56 Å². The molecule has 1 fully saturated rings. The number of hydrogen-bond acceptors (Lipinski definition) is 3. The molecule has 1 aliphatic rings. The Labute approximate surface area is 174 Å². The van der Waals surface area contributed by atoms with Crippen LogP contribution in [0.25, 0.3) is 0 Å². The van der Waals surface area contributed by atoms with Crippen molar-refractivity contribution in [2.45, 2.75) is 45.4 Å². The molecule has 4 nitrogen and oxygen atoms in total. The Morgan fingerprint density at radius 1 is 1.10 bits per heavy atom. The summed E-state index contributed by atoms with van der Waals surface area (Å²) < 4.78 is 0. The Balaban J connectivity index is 1.43. The van der Waals surface area contributed by atoms with Gasteiger partial charge >= 0.3 is 0 Å². The van der Waals surface area contributed by atoms with Gasteiger partial charge in [-0.05, 0) is 74.5 Å². The van der Waals surface area contributed by atoms with Crippen LogP contribution in [0.3, 0.4) is 0 Å². The zero-order chi connectivity index (χ0) is 20.6. The monoisotopic (exact) mass is 391 g/mol. The van der Waals surface area contributed by atoms with Crippen molar-refractivity contribution in [2.24, 2.45) is 5.92 Å². The average molecular weight is 392 g/mol. The molecule has 29 heavy (non-hydrogen) atoms. The van der Waals surface area contributed by atoms with Crippen LogP contribution in [0.1, 0.15) is 56.6 Å². The lowest BCUT2D eigenvalue weighted by Crippen LogP contribution is -2.33. The maximum Gasteiger partial charge on any atom is 0.226 e. The van der Waals surface area contributed by atoms with Gasteiger partial charge in [-0.15, -0.1) is 0 Å². The number of piperidine rings is 1. The first-order chi connectivity index (χ1) is 14.0. The first kappa shape index (κ1) is 21.3. The molecule has 0 spiro atoms. The van der Waals surface area contributed by atoms with Crippen LogP contribution in [0.2, 0.25) is 0 Å². The summed E-state index contributed by atoms with van der Waals surface area (Å²) in [6, 6.07) is 18.4. The summed E-state index contributed by atoms with van der Waals surface area (Å²) in [7, 11) is 0. The van der Waals surface area contributed by atoms with Crippen LogP contribution in [0, 0.1) is 11.3 Å². The summed E-state index contributed by atoms with van der Waals surface area (Å²) >= 11 is 0. The van der Waals surface area contributed by atoms with E-state index in [0.717, 1.165) is 62.3 Å². The highest BCUT2D eigenvalue weighted by molar-refractivity contribution is 5.98. The van der Waals surface area contributed by atoms with Crippen LogP contribution >= 0.6 is 0 Å². The van der Waals surface area contributed by atoms with Gasteiger partial charge in [-0.1, -0.05) is 56.3 Å². The van der Waals surface area contributed by atoms with Gasteiger partial charge in [-0.2, -0.15) is 0 Å². The van der Waals surface area contributed by atoms with Crippen LogP contribution in [-0.2, 0) is 4.79 Å². The standard InChI is InChI=1S/C25H33N3O/c1-19(2)25(29)27-23-11-6-10-22(18-23)20-13-16-28(17-14-20)15-7-12-24(26)21-8-4-3-5-9-21/h3-6,8-11,18-20,26H,7,12-17H2,1-2H3,(H,27,29). The molecule has 1 heterocycles. The van der Waals surface area contributed by atoms with Crippen LogP contribution < -0.4 is 5.32 Å². The van der Waals surface area contributed by atoms with Gasteiger partial charge in [0.2, 0.25) is 5.91 Å². The Hall–Kier alpha value is -2.46. The number of carbonyl (C=O) groups excluding carboxylic acids is 1. The Morgan fingerprint density at radius 3 is 2.52 bits per heavy atom. The van der Waals surface area contributed by atoms with Crippen molar-refractivity contribution < 1.29 is 4.79 Å². The SMILES string of the molecule is CC(C)C(=O)Nc1cccc(C2CCN(CCCC(=N)c3ccccc3)CC2)c1. The van der Waals surface area contributed by atoms with E-state index >= 15 is 0 Å². The molecule has 3 rings (SSSR count). The molecule has 4 heteroatoms. The van der Waals surface area contributed by atoms with Crippen LogP contribution in [-0.4, -0.2) is 36.2 Å². The highest BCUT2D eigenvalue weighted by Gasteiger charge is 2.21. The highest BCUT2D eigenvalue weighted by atomic mass is 16.1. The Bertz CT molecular complexity index is 808. The predicted octanol–water partition coefficient (Wildman–Crippen LogP) is 5.31. The topological polar surface area (TPSA) is 56.2 Å². The molecular weight excluding hydrogens is 358 g/mol. The average Bonchev–Trinajstić information content (AvgIpc) is 2.75. The number of likely N-dealkylation sites (tertiary alicyclic amines) is 1. The van der Waals surface area contributed by atoms with Gasteiger partial charge in [0.25, 0.3) is 0 Å². The van der Waals surface area contributed by atoms with E-state index in [9.17, 15) is 4.79 Å². The largest absolute Gasteiger partial charge is 0.326 e. The Morgan fingerprint density at radius 2 is 1.83 bits per heavy atom. The third-order valence-corrected chi connectivity index (χ3v) is 5.76. The van der Waals surface area contributed by atoms with Gasteiger partial charge in [0.05, 0.1) is 0 Å². The smallest absolute Gasteiger partial charge is 0.226 e. The molecule has 1 amide bonds. The predicted molar refractivity (Wildman–Crippen MR) is 121 cm³/mol. The fourth-order valence-electron chi connectivity index (χ4n) is 3.91. The van der Waals surface area contributed by atoms with E-state index in [2.05, 4.69) is 22.3 Å². The molecule has 154 valence electrons. The van der Waals surface area contributed by atoms with E-state index < -0.39 is 0 Å². The summed E-state index contributed by atoms with van der Waals surface area (Å²) in [6.45, 7) is 7.09. The molecule has 0 atom stereocenters. The fourth-order valence-corrected chi connectivity index (χ4v) is 3.91. The number of benzene rings is 2. The van der Waals surface area contributed by atoms with Crippen molar-refractivity contribution in [1.29, 1.82) is 5.41 Å². The molecule has 1 aliphatic heterocycles. The van der Waals surface area contributed by atoms with Crippen LogP contribution in [0.4, 0.5) is 5.69 Å². The summed E-state index contributed by atoms with van der Waals surface area (Å²) in [5.41, 5.74) is 4.01. The number of amides is 1. The molecule has 2 N–H and O–H groups in total. The normalized spacial score (nSPS) is 15.4. The molecule has 0 aliphatic carbocycles. The van der Waals surface area contributed by atoms with E-state index in [0.29, 0.717) is 5.92 Å². The second kappa shape index (κ2) is 10.4. The maximum absolute atomic E-state index is 11.9. The van der Waals surface area contributed by atoms with Gasteiger partial charge in [0.1, 0.15) is 0 Å². The third-order valence-electron chi connectivity index (χ3n) is 5.76.